The molecule has 72 valence electrons. The second kappa shape index (κ2) is 4.20. The van der Waals surface area contributed by atoms with Crippen molar-refractivity contribution in [3.05, 3.63) is 0 Å². The van der Waals surface area contributed by atoms with E-state index in [1.807, 2.05) is 0 Å². The molecule has 0 aliphatic carbocycles. The lowest BCUT2D eigenvalue weighted by Gasteiger charge is -2.10. The van der Waals surface area contributed by atoms with Crippen molar-refractivity contribution in [2.24, 2.45) is 11.8 Å². The van der Waals surface area contributed by atoms with Gasteiger partial charge in [-0.2, -0.15) is 0 Å². The molecule has 0 amide bonds. The summed E-state index contributed by atoms with van der Waals surface area (Å²) in [7, 11) is -2.74. The predicted octanol–water partition coefficient (Wildman–Crippen LogP) is -0.335. The van der Waals surface area contributed by atoms with Gasteiger partial charge in [-0.25, -0.2) is 8.42 Å². The summed E-state index contributed by atoms with van der Waals surface area (Å²) in [6.45, 7) is 0.732. The van der Waals surface area contributed by atoms with Crippen LogP contribution in [0.2, 0.25) is 0 Å². The highest BCUT2D eigenvalue weighted by atomic mass is 32.2. The van der Waals surface area contributed by atoms with Gasteiger partial charge in [0.25, 0.3) is 0 Å². The predicted molar refractivity (Wildman–Crippen MR) is 48.2 cm³/mol. The van der Waals surface area contributed by atoms with Gasteiger partial charge in [-0.15, -0.1) is 0 Å². The minimum Gasteiger partial charge on any atom is -0.271 e. The number of sulfone groups is 1. The van der Waals surface area contributed by atoms with Crippen molar-refractivity contribution >= 4 is 9.84 Å². The topological polar surface area (TPSA) is 72.2 Å². The molecule has 12 heavy (non-hydrogen) atoms. The fourth-order valence-electron chi connectivity index (χ4n) is 1.56. The molecule has 1 heterocycles. The van der Waals surface area contributed by atoms with Gasteiger partial charge in [-0.1, -0.05) is 0 Å². The van der Waals surface area contributed by atoms with Crippen LogP contribution in [-0.4, -0.2) is 26.5 Å². The summed E-state index contributed by atoms with van der Waals surface area (Å²) in [5, 5.41) is 0. The van der Waals surface area contributed by atoms with Crippen molar-refractivity contribution in [2.45, 2.75) is 19.3 Å². The number of hydrogen-bond donors (Lipinski definition) is 2. The van der Waals surface area contributed by atoms with Crippen molar-refractivity contribution in [2.75, 3.05) is 18.1 Å². The molecule has 1 aliphatic rings. The fraction of sp³-hybridized carbons (Fsp3) is 1.00. The van der Waals surface area contributed by atoms with Crippen molar-refractivity contribution < 1.29 is 8.42 Å². The Labute approximate surface area is 73.4 Å². The van der Waals surface area contributed by atoms with Crippen LogP contribution < -0.4 is 11.3 Å². The van der Waals surface area contributed by atoms with Gasteiger partial charge in [-0.3, -0.25) is 11.3 Å². The Morgan fingerprint density at radius 2 is 2.08 bits per heavy atom. The average molecular weight is 192 g/mol. The van der Waals surface area contributed by atoms with E-state index in [1.165, 1.54) is 0 Å². The molecule has 0 saturated carbocycles. The lowest BCUT2D eigenvalue weighted by Crippen LogP contribution is -2.29. The van der Waals surface area contributed by atoms with E-state index in [4.69, 9.17) is 5.84 Å². The van der Waals surface area contributed by atoms with Crippen LogP contribution in [0.5, 0.6) is 0 Å². The second-order valence-corrected chi connectivity index (χ2v) is 5.66. The van der Waals surface area contributed by atoms with Gasteiger partial charge in [0.05, 0.1) is 11.5 Å². The molecule has 0 radical (unpaired) electrons. The molecular formula is C7H16N2O2S. The van der Waals surface area contributed by atoms with Crippen LogP contribution in [0.1, 0.15) is 19.3 Å². The third-order valence-electron chi connectivity index (χ3n) is 2.31. The van der Waals surface area contributed by atoms with Crippen LogP contribution in [0.25, 0.3) is 0 Å². The maximum absolute atomic E-state index is 11.2. The summed E-state index contributed by atoms with van der Waals surface area (Å²) in [5.41, 5.74) is 2.60. The Bertz CT molecular complexity index is 226. The van der Waals surface area contributed by atoms with Gasteiger partial charge >= 0.3 is 0 Å². The third kappa shape index (κ3) is 3.08. The molecule has 0 aromatic heterocycles. The Morgan fingerprint density at radius 1 is 1.33 bits per heavy atom. The minimum absolute atomic E-state index is 0.333. The Hall–Kier alpha value is -0.130. The normalized spacial score (nSPS) is 29.6. The molecule has 1 rings (SSSR count). The molecule has 1 aliphatic heterocycles. The summed E-state index contributed by atoms with van der Waals surface area (Å²) in [4.78, 5) is 0. The first-order chi connectivity index (χ1) is 5.64. The molecule has 0 spiro atoms. The summed E-state index contributed by atoms with van der Waals surface area (Å²) >= 11 is 0. The van der Waals surface area contributed by atoms with Gasteiger partial charge < -0.3 is 0 Å². The molecule has 0 bridgehead atoms. The number of nitrogens with two attached hydrogens (primary N) is 1. The lowest BCUT2D eigenvalue weighted by molar-refractivity contribution is 0.443. The largest absolute Gasteiger partial charge is 0.271 e. The first-order valence-electron chi connectivity index (χ1n) is 4.28. The molecule has 1 saturated heterocycles. The summed E-state index contributed by atoms with van der Waals surface area (Å²) < 4.78 is 22.3. The van der Waals surface area contributed by atoms with E-state index < -0.39 is 9.84 Å². The van der Waals surface area contributed by atoms with Crippen LogP contribution in [0.3, 0.4) is 0 Å². The number of hydrogen-bond acceptors (Lipinski definition) is 4. The zero-order valence-corrected chi connectivity index (χ0v) is 7.94. The SMILES string of the molecule is NNCC1CCCS(=O)(=O)CC1. The van der Waals surface area contributed by atoms with Gasteiger partial charge in [0.2, 0.25) is 0 Å². The van der Waals surface area contributed by atoms with E-state index >= 15 is 0 Å². The maximum atomic E-state index is 11.2. The zero-order chi connectivity index (χ0) is 9.03. The smallest absolute Gasteiger partial charge is 0.150 e. The monoisotopic (exact) mass is 192 g/mol. The van der Waals surface area contributed by atoms with Gasteiger partial charge in [0.1, 0.15) is 9.84 Å². The van der Waals surface area contributed by atoms with E-state index in [0.29, 0.717) is 17.4 Å². The van der Waals surface area contributed by atoms with Gasteiger partial charge in [-0.05, 0) is 25.2 Å². The summed E-state index contributed by atoms with van der Waals surface area (Å²) in [6.07, 6.45) is 2.52. The van der Waals surface area contributed by atoms with Crippen molar-refractivity contribution in [3.8, 4) is 0 Å². The highest BCUT2D eigenvalue weighted by Gasteiger charge is 2.20. The molecular weight excluding hydrogens is 176 g/mol. The minimum atomic E-state index is -2.74. The molecule has 1 atom stereocenters. The first kappa shape index (κ1) is 9.95. The first-order valence-corrected chi connectivity index (χ1v) is 6.10. The highest BCUT2D eigenvalue weighted by Crippen LogP contribution is 2.17. The standard InChI is InChI=1S/C7H16N2O2S/c8-9-6-7-2-1-4-12(10,11)5-3-7/h7,9H,1-6,8H2. The van der Waals surface area contributed by atoms with Crippen LogP contribution >= 0.6 is 0 Å². The van der Waals surface area contributed by atoms with Crippen LogP contribution in [-0.2, 0) is 9.84 Å². The van der Waals surface area contributed by atoms with E-state index in [9.17, 15) is 8.42 Å². The highest BCUT2D eigenvalue weighted by molar-refractivity contribution is 7.91. The average Bonchev–Trinajstić information content (AvgIpc) is 2.14. The Kier molecular flexibility index (Phi) is 3.49. The Morgan fingerprint density at radius 3 is 2.75 bits per heavy atom. The summed E-state index contributed by atoms with van der Waals surface area (Å²) in [6, 6.07) is 0. The summed E-state index contributed by atoms with van der Waals surface area (Å²) in [5.74, 6) is 6.30. The molecule has 0 aromatic carbocycles. The fourth-order valence-corrected chi connectivity index (χ4v) is 3.06. The molecule has 0 aromatic rings. The lowest BCUT2D eigenvalue weighted by atomic mass is 10.0. The molecule has 1 fully saturated rings. The van der Waals surface area contributed by atoms with Crippen LogP contribution in [0, 0.1) is 5.92 Å². The van der Waals surface area contributed by atoms with Crippen molar-refractivity contribution in [1.82, 2.24) is 5.43 Å². The molecule has 1 unspecified atom stereocenters. The third-order valence-corrected chi connectivity index (χ3v) is 4.08. The van der Waals surface area contributed by atoms with Gasteiger partial charge in [0.15, 0.2) is 0 Å². The van der Waals surface area contributed by atoms with Crippen LogP contribution in [0.4, 0.5) is 0 Å². The van der Waals surface area contributed by atoms with Crippen molar-refractivity contribution in [1.29, 1.82) is 0 Å². The quantitative estimate of drug-likeness (QED) is 0.464. The van der Waals surface area contributed by atoms with Gasteiger partial charge in [0, 0.05) is 6.54 Å². The number of nitrogens with one attached hydrogen (secondary N) is 1. The van der Waals surface area contributed by atoms with E-state index in [2.05, 4.69) is 5.43 Å². The van der Waals surface area contributed by atoms with Crippen LogP contribution in [0.15, 0.2) is 0 Å². The van der Waals surface area contributed by atoms with Crippen molar-refractivity contribution in [3.63, 3.8) is 0 Å². The molecule has 3 N–H and O–H groups in total. The van der Waals surface area contributed by atoms with E-state index in [0.717, 1.165) is 25.8 Å². The number of hydrazine groups is 1. The molecule has 4 nitrogen and oxygen atoms in total. The molecule has 5 heteroatoms. The number of rotatable bonds is 2. The van der Waals surface area contributed by atoms with E-state index in [-0.39, 0.29) is 0 Å². The zero-order valence-electron chi connectivity index (χ0n) is 7.12. The van der Waals surface area contributed by atoms with E-state index in [1.54, 1.807) is 0 Å². The second-order valence-electron chi connectivity index (χ2n) is 3.36. The maximum Gasteiger partial charge on any atom is 0.150 e. The Balaban J connectivity index is 2.45.